The Morgan fingerprint density at radius 1 is 1.06 bits per heavy atom. The van der Waals surface area contributed by atoms with Crippen molar-refractivity contribution in [2.75, 3.05) is 30.9 Å². The molecule has 2 amide bonds. The maximum Gasteiger partial charge on any atom is 0.335 e. The molecule has 8 nitrogen and oxygen atoms in total. The number of nitrogens with two attached hydrogens (primary N) is 1. The minimum Gasteiger partial charge on any atom is -0.478 e. The van der Waals surface area contributed by atoms with E-state index in [-0.39, 0.29) is 17.5 Å². The van der Waals surface area contributed by atoms with Crippen LogP contribution in [0.2, 0.25) is 0 Å². The van der Waals surface area contributed by atoms with Crippen LogP contribution in [0.4, 0.5) is 11.4 Å². The summed E-state index contributed by atoms with van der Waals surface area (Å²) in [6, 6.07) is 12.7. The van der Waals surface area contributed by atoms with Crippen LogP contribution in [-0.4, -0.2) is 55.0 Å². The van der Waals surface area contributed by atoms with Gasteiger partial charge in [0.05, 0.1) is 5.56 Å². The second-order valence-corrected chi connectivity index (χ2v) is 8.72. The molecule has 0 aromatic heterocycles. The normalized spacial score (nSPS) is 18.8. The first-order valence-electron chi connectivity index (χ1n) is 11.2. The second-order valence-electron chi connectivity index (χ2n) is 8.72. The minimum absolute atomic E-state index is 0.0519. The van der Waals surface area contributed by atoms with Gasteiger partial charge in [-0.25, -0.2) is 4.79 Å². The highest BCUT2D eigenvalue weighted by molar-refractivity contribution is 5.97. The van der Waals surface area contributed by atoms with Crippen LogP contribution in [0, 0.1) is 5.92 Å². The molecule has 1 aliphatic rings. The van der Waals surface area contributed by atoms with Crippen molar-refractivity contribution in [3.05, 3.63) is 59.7 Å². The van der Waals surface area contributed by atoms with Crippen LogP contribution in [0.1, 0.15) is 47.6 Å². The van der Waals surface area contributed by atoms with Crippen molar-refractivity contribution < 1.29 is 19.5 Å². The van der Waals surface area contributed by atoms with E-state index in [0.717, 1.165) is 37.8 Å². The molecule has 0 saturated heterocycles. The van der Waals surface area contributed by atoms with Crippen molar-refractivity contribution >= 4 is 29.7 Å². The number of nitrogens with zero attached hydrogens (tertiary/aromatic N) is 2. The van der Waals surface area contributed by atoms with Crippen molar-refractivity contribution in [3.63, 3.8) is 0 Å². The fourth-order valence-electron chi connectivity index (χ4n) is 4.36. The summed E-state index contributed by atoms with van der Waals surface area (Å²) in [5, 5.41) is 12.0. The average Bonchev–Trinajstić information content (AvgIpc) is 2.83. The molecule has 0 radical (unpaired) electrons. The Morgan fingerprint density at radius 3 is 2.15 bits per heavy atom. The lowest BCUT2D eigenvalue weighted by Crippen LogP contribution is -2.45. The zero-order valence-electron chi connectivity index (χ0n) is 19.1. The van der Waals surface area contributed by atoms with Gasteiger partial charge in [0.1, 0.15) is 6.04 Å². The predicted octanol–water partition coefficient (Wildman–Crippen LogP) is 3.11. The quantitative estimate of drug-likeness (QED) is 0.504. The van der Waals surface area contributed by atoms with Gasteiger partial charge < -0.3 is 26.0 Å². The van der Waals surface area contributed by atoms with Gasteiger partial charge >= 0.3 is 5.97 Å². The van der Waals surface area contributed by atoms with Crippen molar-refractivity contribution in [2.24, 2.45) is 11.7 Å². The van der Waals surface area contributed by atoms with Crippen LogP contribution >= 0.6 is 0 Å². The van der Waals surface area contributed by atoms with Gasteiger partial charge in [-0.15, -0.1) is 0 Å². The van der Waals surface area contributed by atoms with Crippen molar-refractivity contribution in [2.45, 2.75) is 37.8 Å². The zero-order chi connectivity index (χ0) is 24.0. The average molecular weight is 453 g/mol. The third-order valence-electron chi connectivity index (χ3n) is 6.36. The molecule has 0 spiro atoms. The molecule has 0 aliphatic heterocycles. The van der Waals surface area contributed by atoms with Crippen molar-refractivity contribution in [1.82, 2.24) is 4.90 Å². The first-order valence-corrected chi connectivity index (χ1v) is 11.2. The van der Waals surface area contributed by atoms with Gasteiger partial charge in [-0.2, -0.15) is 0 Å². The number of carboxylic acid groups (broad SMARTS) is 1. The maximum absolute atomic E-state index is 13.5. The lowest BCUT2D eigenvalue weighted by atomic mass is 9.84. The predicted molar refractivity (Wildman–Crippen MR) is 128 cm³/mol. The standard InChI is InChI=1S/C25H32N4O4/c1-28(2)21-13-7-18(8-14-21)23(29(16-30)22-11-3-17(15-26)4-12-22)24(31)27-20-9-5-19(6-10-20)25(32)33/h5-10,13-14,16-17,22-23H,3-4,11-12,15,26H2,1-2H3,(H,27,31)(H,32,33)/t17?,22?,23-/m0/s1. The SMILES string of the molecule is CN(C)c1ccc([C@@H](C(=O)Nc2ccc(C(=O)O)cc2)N(C=O)C2CCC(CN)CC2)cc1. The number of aromatic carboxylic acids is 1. The molecule has 176 valence electrons. The molecule has 2 aromatic rings. The maximum atomic E-state index is 13.5. The number of hydrogen-bond donors (Lipinski definition) is 3. The summed E-state index contributed by atoms with van der Waals surface area (Å²) in [5.74, 6) is -0.926. The number of carboxylic acids is 1. The third kappa shape index (κ3) is 5.90. The number of carbonyl (C=O) groups is 3. The Hall–Kier alpha value is -3.39. The van der Waals surface area contributed by atoms with E-state index in [0.29, 0.717) is 23.7 Å². The van der Waals surface area contributed by atoms with Crippen LogP contribution in [-0.2, 0) is 9.59 Å². The molecule has 1 aliphatic carbocycles. The fraction of sp³-hybridized carbons (Fsp3) is 0.400. The van der Waals surface area contributed by atoms with E-state index >= 15 is 0 Å². The molecule has 0 unspecified atom stereocenters. The van der Waals surface area contributed by atoms with E-state index in [1.165, 1.54) is 12.1 Å². The zero-order valence-corrected chi connectivity index (χ0v) is 19.1. The summed E-state index contributed by atoms with van der Waals surface area (Å²) in [6.45, 7) is 0.635. The van der Waals surface area contributed by atoms with Gasteiger partial charge in [0.15, 0.2) is 0 Å². The van der Waals surface area contributed by atoms with E-state index in [9.17, 15) is 14.4 Å². The molecule has 1 atom stereocenters. The minimum atomic E-state index is -1.04. The van der Waals surface area contributed by atoms with E-state index in [1.54, 1.807) is 17.0 Å². The molecule has 1 fully saturated rings. The van der Waals surface area contributed by atoms with E-state index < -0.39 is 12.0 Å². The highest BCUT2D eigenvalue weighted by Crippen LogP contribution is 2.33. The van der Waals surface area contributed by atoms with Gasteiger partial charge in [-0.3, -0.25) is 9.59 Å². The van der Waals surface area contributed by atoms with Crippen molar-refractivity contribution in [3.8, 4) is 0 Å². The number of amides is 2. The van der Waals surface area contributed by atoms with Gasteiger partial charge in [-0.1, -0.05) is 12.1 Å². The third-order valence-corrected chi connectivity index (χ3v) is 6.36. The van der Waals surface area contributed by atoms with Crippen molar-refractivity contribution in [1.29, 1.82) is 0 Å². The fourth-order valence-corrected chi connectivity index (χ4v) is 4.36. The number of rotatable bonds is 9. The summed E-state index contributed by atoms with van der Waals surface area (Å²) in [6.07, 6.45) is 4.22. The summed E-state index contributed by atoms with van der Waals surface area (Å²) in [7, 11) is 3.88. The molecule has 3 rings (SSSR count). The Kier molecular flexibility index (Phi) is 8.06. The van der Waals surface area contributed by atoms with Crippen LogP contribution in [0.5, 0.6) is 0 Å². The summed E-state index contributed by atoms with van der Waals surface area (Å²) in [4.78, 5) is 40.4. The van der Waals surface area contributed by atoms with E-state index in [2.05, 4.69) is 5.32 Å². The Bertz CT molecular complexity index is 951. The summed E-state index contributed by atoms with van der Waals surface area (Å²) in [5.41, 5.74) is 8.13. The molecule has 0 bridgehead atoms. The number of anilines is 2. The molecule has 33 heavy (non-hydrogen) atoms. The molecule has 1 saturated carbocycles. The van der Waals surface area contributed by atoms with Crippen LogP contribution in [0.3, 0.4) is 0 Å². The lowest BCUT2D eigenvalue weighted by molar-refractivity contribution is -0.133. The summed E-state index contributed by atoms with van der Waals surface area (Å²) < 4.78 is 0. The van der Waals surface area contributed by atoms with E-state index in [1.807, 2.05) is 43.3 Å². The highest BCUT2D eigenvalue weighted by Gasteiger charge is 2.34. The van der Waals surface area contributed by atoms with Gasteiger partial charge in [0.2, 0.25) is 6.41 Å². The number of carbonyl (C=O) groups excluding carboxylic acids is 2. The number of benzene rings is 2. The van der Waals surface area contributed by atoms with Crippen LogP contribution in [0.25, 0.3) is 0 Å². The number of nitrogens with one attached hydrogen (secondary N) is 1. The van der Waals surface area contributed by atoms with Gasteiger partial charge in [0.25, 0.3) is 5.91 Å². The molecular formula is C25H32N4O4. The molecule has 0 heterocycles. The first kappa shape index (κ1) is 24.3. The molecule has 4 N–H and O–H groups in total. The van der Waals surface area contributed by atoms with E-state index in [4.69, 9.17) is 10.8 Å². The topological polar surface area (TPSA) is 116 Å². The Labute approximate surface area is 194 Å². The lowest BCUT2D eigenvalue weighted by Gasteiger charge is -2.38. The Morgan fingerprint density at radius 2 is 1.67 bits per heavy atom. The molecule has 2 aromatic carbocycles. The number of hydrogen-bond acceptors (Lipinski definition) is 5. The van der Waals surface area contributed by atoms with Crippen LogP contribution < -0.4 is 16.0 Å². The second kappa shape index (κ2) is 11.0. The highest BCUT2D eigenvalue weighted by atomic mass is 16.4. The summed E-state index contributed by atoms with van der Waals surface area (Å²) >= 11 is 0. The molecule has 8 heteroatoms. The van der Waals surface area contributed by atoms with Crippen LogP contribution in [0.15, 0.2) is 48.5 Å². The smallest absolute Gasteiger partial charge is 0.335 e. The largest absolute Gasteiger partial charge is 0.478 e. The first-order chi connectivity index (χ1) is 15.8. The molecular weight excluding hydrogens is 420 g/mol. The monoisotopic (exact) mass is 452 g/mol. The van der Waals surface area contributed by atoms with Gasteiger partial charge in [-0.05, 0) is 80.1 Å². The Balaban J connectivity index is 1.89. The van der Waals surface area contributed by atoms with Gasteiger partial charge in [0, 0.05) is 31.5 Å².